The highest BCUT2D eigenvalue weighted by Gasteiger charge is 2.10. The van der Waals surface area contributed by atoms with Crippen LogP contribution in [0.15, 0.2) is 69.5 Å². The molecule has 3 rings (SSSR count). The van der Waals surface area contributed by atoms with E-state index in [1.54, 1.807) is 30.5 Å². The number of aryl methyl sites for hydroxylation is 1. The molecule has 0 unspecified atom stereocenters. The molecule has 1 amide bonds. The number of furan rings is 1. The molecule has 0 spiro atoms. The second kappa shape index (κ2) is 7.18. The van der Waals surface area contributed by atoms with E-state index in [4.69, 9.17) is 4.42 Å². The van der Waals surface area contributed by atoms with E-state index in [0.717, 1.165) is 5.16 Å². The average Bonchev–Trinajstić information content (AvgIpc) is 3.20. The molecule has 24 heavy (non-hydrogen) atoms. The molecule has 0 aliphatic heterocycles. The summed E-state index contributed by atoms with van der Waals surface area (Å²) in [6.45, 7) is 0. The second-order valence-corrected chi connectivity index (χ2v) is 5.91. The number of benzene rings is 1. The summed E-state index contributed by atoms with van der Waals surface area (Å²) in [5, 5.41) is 3.42. The smallest absolute Gasteiger partial charge is 0.248 e. The van der Waals surface area contributed by atoms with Gasteiger partial charge >= 0.3 is 0 Å². The van der Waals surface area contributed by atoms with Gasteiger partial charge in [-0.15, -0.1) is 0 Å². The van der Waals surface area contributed by atoms with Crippen molar-refractivity contribution in [3.8, 4) is 0 Å². The highest BCUT2D eigenvalue weighted by Crippen LogP contribution is 2.32. The van der Waals surface area contributed by atoms with Crippen molar-refractivity contribution in [2.45, 2.75) is 10.1 Å². The minimum absolute atomic E-state index is 0.376. The van der Waals surface area contributed by atoms with Gasteiger partial charge in [0.1, 0.15) is 11.6 Å². The first-order valence-electron chi connectivity index (χ1n) is 7.09. The maximum atomic E-state index is 13.6. The van der Waals surface area contributed by atoms with Gasteiger partial charge in [0.05, 0.1) is 12.0 Å². The minimum Gasteiger partial charge on any atom is -0.465 e. The molecule has 0 bridgehead atoms. The number of anilines is 1. The summed E-state index contributed by atoms with van der Waals surface area (Å²) in [5.41, 5.74) is 0.386. The number of aromatic nitrogens is 2. The molecule has 3 aromatic rings. The fourth-order valence-electron chi connectivity index (χ4n) is 1.96. The molecule has 7 heteroatoms. The molecule has 5 nitrogen and oxygen atoms in total. The largest absolute Gasteiger partial charge is 0.465 e. The molecule has 2 heterocycles. The third-order valence-electron chi connectivity index (χ3n) is 3.12. The van der Waals surface area contributed by atoms with Gasteiger partial charge in [-0.2, -0.15) is 0 Å². The molecule has 0 aliphatic carbocycles. The number of halogens is 1. The Balaban J connectivity index is 1.78. The first kappa shape index (κ1) is 16.1. The number of carbonyl (C=O) groups excluding carboxylic acids is 1. The molecular formula is C17H14FN3O2S. The molecule has 0 aliphatic rings. The van der Waals surface area contributed by atoms with Crippen LogP contribution in [0.3, 0.4) is 0 Å². The van der Waals surface area contributed by atoms with Crippen LogP contribution >= 0.6 is 11.8 Å². The fraction of sp³-hybridized carbons (Fsp3) is 0.0588. The average molecular weight is 343 g/mol. The Kier molecular flexibility index (Phi) is 4.81. The Morgan fingerprint density at radius 3 is 3.00 bits per heavy atom. The van der Waals surface area contributed by atoms with Crippen LogP contribution in [0.1, 0.15) is 5.76 Å². The van der Waals surface area contributed by atoms with E-state index < -0.39 is 5.82 Å². The van der Waals surface area contributed by atoms with E-state index in [1.165, 1.54) is 36.2 Å². The van der Waals surface area contributed by atoms with Crippen LogP contribution in [-0.4, -0.2) is 15.5 Å². The van der Waals surface area contributed by atoms with Crippen molar-refractivity contribution in [3.63, 3.8) is 0 Å². The second-order valence-electron chi connectivity index (χ2n) is 4.90. The number of hydrogen-bond acceptors (Lipinski definition) is 4. The van der Waals surface area contributed by atoms with E-state index in [-0.39, 0.29) is 5.91 Å². The van der Waals surface area contributed by atoms with E-state index in [0.29, 0.717) is 16.3 Å². The number of imidazole rings is 1. The lowest BCUT2D eigenvalue weighted by Crippen LogP contribution is -2.09. The Labute approximate surface area is 142 Å². The van der Waals surface area contributed by atoms with Crippen molar-refractivity contribution in [1.29, 1.82) is 0 Å². The van der Waals surface area contributed by atoms with Gasteiger partial charge in [0, 0.05) is 30.4 Å². The van der Waals surface area contributed by atoms with E-state index in [1.807, 2.05) is 17.8 Å². The minimum atomic E-state index is -0.426. The van der Waals surface area contributed by atoms with Gasteiger partial charge in [-0.1, -0.05) is 0 Å². The molecule has 1 aromatic carbocycles. The lowest BCUT2D eigenvalue weighted by molar-refractivity contribution is -0.111. The number of rotatable bonds is 5. The standard InChI is InChI=1S/C17H14FN3O2S/c1-21-9-8-19-17(21)24-15-6-4-12(18)11-14(15)20-16(22)7-5-13-3-2-10-23-13/h2-11H,1H3,(H,20,22)/b7-5+. The Morgan fingerprint density at radius 1 is 1.42 bits per heavy atom. The Morgan fingerprint density at radius 2 is 2.29 bits per heavy atom. The van der Waals surface area contributed by atoms with Gasteiger partial charge in [0.15, 0.2) is 5.16 Å². The van der Waals surface area contributed by atoms with Crippen LogP contribution < -0.4 is 5.32 Å². The zero-order valence-corrected chi connectivity index (χ0v) is 13.6. The van der Waals surface area contributed by atoms with E-state index in [9.17, 15) is 9.18 Å². The van der Waals surface area contributed by atoms with Gasteiger partial charge in [0.2, 0.25) is 5.91 Å². The lowest BCUT2D eigenvalue weighted by atomic mass is 10.3. The summed E-state index contributed by atoms with van der Waals surface area (Å²) < 4.78 is 20.5. The number of nitrogens with zero attached hydrogens (tertiary/aromatic N) is 2. The number of carbonyl (C=O) groups is 1. The summed E-state index contributed by atoms with van der Waals surface area (Å²) in [6, 6.07) is 7.70. The van der Waals surface area contributed by atoms with Crippen molar-refractivity contribution >= 4 is 29.4 Å². The predicted molar refractivity (Wildman–Crippen MR) is 90.1 cm³/mol. The quantitative estimate of drug-likeness (QED) is 0.713. The number of hydrogen-bond donors (Lipinski definition) is 1. The molecule has 0 saturated heterocycles. The molecule has 0 fully saturated rings. The first-order chi connectivity index (χ1) is 11.6. The van der Waals surface area contributed by atoms with Crippen LogP contribution in [0.5, 0.6) is 0 Å². The molecule has 122 valence electrons. The Bertz CT molecular complexity index is 872. The van der Waals surface area contributed by atoms with Gasteiger partial charge < -0.3 is 14.3 Å². The topological polar surface area (TPSA) is 60.1 Å². The van der Waals surface area contributed by atoms with Gasteiger partial charge in [-0.25, -0.2) is 9.37 Å². The van der Waals surface area contributed by atoms with Gasteiger partial charge in [0.25, 0.3) is 0 Å². The summed E-state index contributed by atoms with van der Waals surface area (Å²) in [7, 11) is 1.86. The molecule has 2 aromatic heterocycles. The third-order valence-corrected chi connectivity index (χ3v) is 4.27. The molecule has 1 N–H and O–H groups in total. The number of amides is 1. The highest BCUT2D eigenvalue weighted by molar-refractivity contribution is 7.99. The SMILES string of the molecule is Cn1ccnc1Sc1ccc(F)cc1NC(=O)/C=C/c1ccco1. The van der Waals surface area contributed by atoms with Crippen molar-refractivity contribution in [2.24, 2.45) is 7.05 Å². The molecule has 0 atom stereocenters. The van der Waals surface area contributed by atoms with Gasteiger partial charge in [-0.05, 0) is 48.2 Å². The zero-order chi connectivity index (χ0) is 16.9. The normalized spacial score (nSPS) is 11.1. The highest BCUT2D eigenvalue weighted by atomic mass is 32.2. The fourth-order valence-corrected chi connectivity index (χ4v) is 2.83. The van der Waals surface area contributed by atoms with E-state index in [2.05, 4.69) is 10.3 Å². The monoisotopic (exact) mass is 343 g/mol. The first-order valence-corrected chi connectivity index (χ1v) is 7.91. The molecule has 0 saturated carbocycles. The molecule has 0 radical (unpaired) electrons. The van der Waals surface area contributed by atoms with Crippen LogP contribution in [0.2, 0.25) is 0 Å². The van der Waals surface area contributed by atoms with Crippen LogP contribution in [0.25, 0.3) is 6.08 Å². The van der Waals surface area contributed by atoms with E-state index >= 15 is 0 Å². The zero-order valence-electron chi connectivity index (χ0n) is 12.8. The summed E-state index contributed by atoms with van der Waals surface area (Å²) in [5.74, 6) is -0.241. The van der Waals surface area contributed by atoms with Gasteiger partial charge in [-0.3, -0.25) is 4.79 Å². The van der Waals surface area contributed by atoms with Crippen LogP contribution in [-0.2, 0) is 11.8 Å². The predicted octanol–water partition coefficient (Wildman–Crippen LogP) is 3.96. The van der Waals surface area contributed by atoms with Crippen molar-refractivity contribution < 1.29 is 13.6 Å². The molecular weight excluding hydrogens is 329 g/mol. The summed E-state index contributed by atoms with van der Waals surface area (Å²) in [6.07, 6.45) is 7.89. The number of nitrogens with one attached hydrogen (secondary N) is 1. The summed E-state index contributed by atoms with van der Waals surface area (Å²) >= 11 is 1.34. The van der Waals surface area contributed by atoms with Crippen molar-refractivity contribution in [2.75, 3.05) is 5.32 Å². The van der Waals surface area contributed by atoms with Crippen LogP contribution in [0, 0.1) is 5.82 Å². The van der Waals surface area contributed by atoms with Crippen LogP contribution in [0.4, 0.5) is 10.1 Å². The van der Waals surface area contributed by atoms with Crippen molar-refractivity contribution in [3.05, 3.63) is 66.6 Å². The third kappa shape index (κ3) is 3.94. The summed E-state index contributed by atoms with van der Waals surface area (Å²) in [4.78, 5) is 17.0. The maximum Gasteiger partial charge on any atom is 0.248 e. The Hall–Kier alpha value is -2.80. The van der Waals surface area contributed by atoms with Crippen molar-refractivity contribution in [1.82, 2.24) is 9.55 Å². The lowest BCUT2D eigenvalue weighted by Gasteiger charge is -2.09. The maximum absolute atomic E-state index is 13.6.